The Hall–Kier alpha value is -0.610. The van der Waals surface area contributed by atoms with Crippen molar-refractivity contribution in [2.75, 3.05) is 33.4 Å². The van der Waals surface area contributed by atoms with Crippen LogP contribution < -0.4 is 0 Å². The van der Waals surface area contributed by atoms with E-state index in [1.807, 2.05) is 25.8 Å². The van der Waals surface area contributed by atoms with Crippen LogP contribution in [0.3, 0.4) is 0 Å². The summed E-state index contributed by atoms with van der Waals surface area (Å²) in [4.78, 5) is 13.4. The van der Waals surface area contributed by atoms with E-state index in [9.17, 15) is 4.79 Å². The Kier molecular flexibility index (Phi) is 5.77. The first-order valence-corrected chi connectivity index (χ1v) is 6.03. The van der Waals surface area contributed by atoms with Gasteiger partial charge in [-0.25, -0.2) is 0 Å². The van der Waals surface area contributed by atoms with Crippen LogP contribution in [-0.4, -0.2) is 50.3 Å². The molecule has 4 heteroatoms. The second-order valence-electron chi connectivity index (χ2n) is 4.82. The smallest absolute Gasteiger partial charge is 0.320 e. The summed E-state index contributed by atoms with van der Waals surface area (Å²) in [6.45, 7) is 6.72. The number of hydrogen-bond donors (Lipinski definition) is 0. The number of carbonyl (C=O) groups is 1. The van der Waals surface area contributed by atoms with E-state index in [-0.39, 0.29) is 12.1 Å². The lowest BCUT2D eigenvalue weighted by atomic mass is 10.0. The zero-order valence-corrected chi connectivity index (χ0v) is 10.6. The first-order chi connectivity index (χ1) is 7.58. The fraction of sp³-hybridized carbons (Fsp3) is 0.917. The molecular formula is C12H23NO3. The predicted molar refractivity (Wildman–Crippen MR) is 62.3 cm³/mol. The van der Waals surface area contributed by atoms with Crippen LogP contribution in [0.5, 0.6) is 0 Å². The highest BCUT2D eigenvalue weighted by Gasteiger charge is 2.17. The van der Waals surface area contributed by atoms with Gasteiger partial charge in [0.05, 0.1) is 19.3 Å². The van der Waals surface area contributed by atoms with Crippen LogP contribution in [0.2, 0.25) is 0 Å². The Morgan fingerprint density at radius 3 is 2.88 bits per heavy atom. The number of hydrogen-bond acceptors (Lipinski definition) is 4. The van der Waals surface area contributed by atoms with Crippen LogP contribution >= 0.6 is 0 Å². The molecule has 1 heterocycles. The highest BCUT2D eigenvalue weighted by atomic mass is 16.5. The first kappa shape index (κ1) is 13.5. The highest BCUT2D eigenvalue weighted by Crippen LogP contribution is 2.14. The Morgan fingerprint density at radius 1 is 1.56 bits per heavy atom. The van der Waals surface area contributed by atoms with Crippen LogP contribution in [0.15, 0.2) is 0 Å². The Labute approximate surface area is 97.9 Å². The second-order valence-corrected chi connectivity index (χ2v) is 4.82. The Balaban J connectivity index is 2.18. The molecule has 16 heavy (non-hydrogen) atoms. The van der Waals surface area contributed by atoms with Gasteiger partial charge in [-0.3, -0.25) is 9.69 Å². The van der Waals surface area contributed by atoms with E-state index in [4.69, 9.17) is 9.47 Å². The maximum absolute atomic E-state index is 11.4. The number of likely N-dealkylation sites (N-methyl/N-ethyl adjacent to an activating group) is 1. The van der Waals surface area contributed by atoms with Crippen molar-refractivity contribution >= 4 is 5.97 Å². The van der Waals surface area contributed by atoms with Crippen LogP contribution in [0.4, 0.5) is 0 Å². The van der Waals surface area contributed by atoms with Crippen LogP contribution in [0, 0.1) is 5.92 Å². The summed E-state index contributed by atoms with van der Waals surface area (Å²) in [5.74, 6) is 0.417. The molecule has 1 aliphatic rings. The van der Waals surface area contributed by atoms with Crippen molar-refractivity contribution in [1.29, 1.82) is 0 Å². The molecule has 0 amide bonds. The van der Waals surface area contributed by atoms with Gasteiger partial charge in [0, 0.05) is 13.2 Å². The SMILES string of the molecule is CC(C)OC(=O)CN(C)CC1CCCOC1. The molecule has 0 radical (unpaired) electrons. The lowest BCUT2D eigenvalue weighted by Gasteiger charge is -2.26. The summed E-state index contributed by atoms with van der Waals surface area (Å²) in [6, 6.07) is 0. The molecule has 0 saturated carbocycles. The zero-order valence-electron chi connectivity index (χ0n) is 10.6. The van der Waals surface area contributed by atoms with Crippen molar-refractivity contribution < 1.29 is 14.3 Å². The fourth-order valence-electron chi connectivity index (χ4n) is 1.98. The van der Waals surface area contributed by atoms with Crippen molar-refractivity contribution in [1.82, 2.24) is 4.90 Å². The third-order valence-corrected chi connectivity index (χ3v) is 2.59. The van der Waals surface area contributed by atoms with Crippen molar-refractivity contribution in [3.63, 3.8) is 0 Å². The normalized spacial score (nSPS) is 21.4. The lowest BCUT2D eigenvalue weighted by Crippen LogP contribution is -2.35. The van der Waals surface area contributed by atoms with Gasteiger partial charge in [0.1, 0.15) is 0 Å². The molecule has 1 atom stereocenters. The third kappa shape index (κ3) is 5.47. The number of rotatable bonds is 5. The van der Waals surface area contributed by atoms with E-state index < -0.39 is 0 Å². The predicted octanol–water partition coefficient (Wildman–Crippen LogP) is 1.30. The first-order valence-electron chi connectivity index (χ1n) is 6.03. The molecule has 1 saturated heterocycles. The van der Waals surface area contributed by atoms with E-state index >= 15 is 0 Å². The average Bonchev–Trinajstić information content (AvgIpc) is 2.17. The molecule has 0 aromatic heterocycles. The molecule has 0 spiro atoms. The fourth-order valence-corrected chi connectivity index (χ4v) is 1.98. The monoisotopic (exact) mass is 229 g/mol. The lowest BCUT2D eigenvalue weighted by molar-refractivity contribution is -0.148. The van der Waals surface area contributed by atoms with Gasteiger partial charge in [-0.1, -0.05) is 0 Å². The third-order valence-electron chi connectivity index (χ3n) is 2.59. The molecule has 1 aliphatic heterocycles. The molecule has 0 aromatic rings. The van der Waals surface area contributed by atoms with Gasteiger partial charge in [-0.2, -0.15) is 0 Å². The van der Waals surface area contributed by atoms with E-state index in [1.54, 1.807) is 0 Å². The molecule has 0 aromatic carbocycles. The quantitative estimate of drug-likeness (QED) is 0.666. The van der Waals surface area contributed by atoms with Gasteiger partial charge in [0.25, 0.3) is 0 Å². The maximum atomic E-state index is 11.4. The molecule has 1 fully saturated rings. The van der Waals surface area contributed by atoms with Crippen molar-refractivity contribution in [2.24, 2.45) is 5.92 Å². The summed E-state index contributed by atoms with van der Waals surface area (Å²) in [5.41, 5.74) is 0. The standard InChI is InChI=1S/C12H23NO3/c1-10(2)16-12(14)8-13(3)7-11-5-4-6-15-9-11/h10-11H,4-9H2,1-3H3. The average molecular weight is 229 g/mol. The van der Waals surface area contributed by atoms with E-state index in [0.29, 0.717) is 12.5 Å². The van der Waals surface area contributed by atoms with E-state index in [0.717, 1.165) is 26.2 Å². The van der Waals surface area contributed by atoms with Gasteiger partial charge in [-0.05, 0) is 39.7 Å². The molecule has 94 valence electrons. The molecule has 0 bridgehead atoms. The summed E-state index contributed by atoms with van der Waals surface area (Å²) in [5, 5.41) is 0. The molecule has 0 aliphatic carbocycles. The number of esters is 1. The molecule has 0 N–H and O–H groups in total. The van der Waals surface area contributed by atoms with Crippen LogP contribution in [0.25, 0.3) is 0 Å². The molecule has 4 nitrogen and oxygen atoms in total. The van der Waals surface area contributed by atoms with E-state index in [2.05, 4.69) is 0 Å². The molecular weight excluding hydrogens is 206 g/mol. The minimum atomic E-state index is -0.144. The van der Waals surface area contributed by atoms with Gasteiger partial charge >= 0.3 is 5.97 Å². The minimum absolute atomic E-state index is 0.0288. The second kappa shape index (κ2) is 6.86. The minimum Gasteiger partial charge on any atom is -0.462 e. The Morgan fingerprint density at radius 2 is 2.31 bits per heavy atom. The molecule has 1 rings (SSSR count). The van der Waals surface area contributed by atoms with Crippen molar-refractivity contribution in [2.45, 2.75) is 32.8 Å². The number of carbonyl (C=O) groups excluding carboxylic acids is 1. The number of ether oxygens (including phenoxy) is 2. The summed E-state index contributed by atoms with van der Waals surface area (Å²) in [7, 11) is 1.95. The summed E-state index contributed by atoms with van der Waals surface area (Å²) in [6.07, 6.45) is 2.30. The van der Waals surface area contributed by atoms with Gasteiger partial charge in [-0.15, -0.1) is 0 Å². The van der Waals surface area contributed by atoms with Crippen molar-refractivity contribution in [3.05, 3.63) is 0 Å². The van der Waals surface area contributed by atoms with Gasteiger partial charge in [0.15, 0.2) is 0 Å². The largest absolute Gasteiger partial charge is 0.462 e. The molecule has 1 unspecified atom stereocenters. The van der Waals surface area contributed by atoms with E-state index in [1.165, 1.54) is 6.42 Å². The zero-order chi connectivity index (χ0) is 12.0. The topological polar surface area (TPSA) is 38.8 Å². The Bertz CT molecular complexity index is 212. The summed E-state index contributed by atoms with van der Waals surface area (Å²) < 4.78 is 10.5. The van der Waals surface area contributed by atoms with Crippen molar-refractivity contribution in [3.8, 4) is 0 Å². The van der Waals surface area contributed by atoms with Gasteiger partial charge in [0.2, 0.25) is 0 Å². The van der Waals surface area contributed by atoms with Gasteiger partial charge < -0.3 is 9.47 Å². The number of nitrogens with zero attached hydrogens (tertiary/aromatic N) is 1. The highest BCUT2D eigenvalue weighted by molar-refractivity contribution is 5.71. The maximum Gasteiger partial charge on any atom is 0.320 e. The summed E-state index contributed by atoms with van der Waals surface area (Å²) >= 11 is 0. The van der Waals surface area contributed by atoms with Crippen LogP contribution in [0.1, 0.15) is 26.7 Å². The van der Waals surface area contributed by atoms with Crippen LogP contribution in [-0.2, 0) is 14.3 Å².